The van der Waals surface area contributed by atoms with Crippen LogP contribution < -0.4 is 0 Å². The van der Waals surface area contributed by atoms with Crippen LogP contribution in [0.25, 0.3) is 0 Å². The summed E-state index contributed by atoms with van der Waals surface area (Å²) in [7, 11) is 0. The summed E-state index contributed by atoms with van der Waals surface area (Å²) < 4.78 is 5.04. The highest BCUT2D eigenvalue weighted by atomic mass is 16.6. The van der Waals surface area contributed by atoms with Crippen LogP contribution in [0.15, 0.2) is 0 Å². The van der Waals surface area contributed by atoms with Crippen molar-refractivity contribution in [2.24, 2.45) is 0 Å². The Kier molecular flexibility index (Phi) is 1.86. The minimum Gasteiger partial charge on any atom is -0.368 e. The zero-order valence-electron chi connectivity index (χ0n) is 5.13. The van der Waals surface area contributed by atoms with Crippen LogP contribution >= 0.6 is 0 Å². The smallest absolute Gasteiger partial charge is 0.154 e. The standard InChI is InChI=1S/C6H12O2/c1-5-3-2-4-6(7)8-5/h5-7H,2-4H2,1H3/t5-,6?/m0/s1. The van der Waals surface area contributed by atoms with Crippen LogP contribution in [0.1, 0.15) is 26.2 Å². The summed E-state index contributed by atoms with van der Waals surface area (Å²) in [5, 5.41) is 8.86. The van der Waals surface area contributed by atoms with E-state index < -0.39 is 6.29 Å². The lowest BCUT2D eigenvalue weighted by Gasteiger charge is -2.23. The van der Waals surface area contributed by atoms with Gasteiger partial charge in [-0.1, -0.05) is 0 Å². The third-order valence-electron chi connectivity index (χ3n) is 1.45. The van der Waals surface area contributed by atoms with Gasteiger partial charge in [-0.15, -0.1) is 0 Å². The van der Waals surface area contributed by atoms with Crippen LogP contribution in [-0.4, -0.2) is 17.5 Å². The average Bonchev–Trinajstić information content (AvgIpc) is 1.64. The molecule has 1 fully saturated rings. The minimum absolute atomic E-state index is 0.263. The van der Waals surface area contributed by atoms with E-state index in [9.17, 15) is 0 Å². The molecular formula is C6H12O2. The van der Waals surface area contributed by atoms with Gasteiger partial charge in [0, 0.05) is 0 Å². The minimum atomic E-state index is -0.487. The molecule has 2 heteroatoms. The molecule has 48 valence electrons. The zero-order chi connectivity index (χ0) is 5.98. The molecule has 1 unspecified atom stereocenters. The second-order valence-corrected chi connectivity index (χ2v) is 2.33. The largest absolute Gasteiger partial charge is 0.368 e. The monoisotopic (exact) mass is 116 g/mol. The predicted molar refractivity (Wildman–Crippen MR) is 30.4 cm³/mol. The first-order chi connectivity index (χ1) is 3.79. The second kappa shape index (κ2) is 2.46. The summed E-state index contributed by atoms with van der Waals surface area (Å²) in [6, 6.07) is 0. The quantitative estimate of drug-likeness (QED) is 0.509. The molecular weight excluding hydrogens is 104 g/mol. The van der Waals surface area contributed by atoms with Crippen molar-refractivity contribution in [2.45, 2.75) is 38.6 Å². The third-order valence-corrected chi connectivity index (χ3v) is 1.45. The van der Waals surface area contributed by atoms with Crippen molar-refractivity contribution in [3.63, 3.8) is 0 Å². The van der Waals surface area contributed by atoms with Crippen LogP contribution in [-0.2, 0) is 4.74 Å². The topological polar surface area (TPSA) is 29.5 Å². The number of aliphatic hydroxyl groups excluding tert-OH is 1. The Morgan fingerprint density at radius 3 is 2.62 bits per heavy atom. The zero-order valence-corrected chi connectivity index (χ0v) is 5.13. The van der Waals surface area contributed by atoms with E-state index >= 15 is 0 Å². The molecule has 1 aliphatic heterocycles. The fraction of sp³-hybridized carbons (Fsp3) is 1.00. The van der Waals surface area contributed by atoms with Gasteiger partial charge in [0.2, 0.25) is 0 Å². The Morgan fingerprint density at radius 1 is 1.50 bits per heavy atom. The molecule has 0 amide bonds. The summed E-state index contributed by atoms with van der Waals surface area (Å²) in [6.45, 7) is 1.99. The summed E-state index contributed by atoms with van der Waals surface area (Å²) in [5.41, 5.74) is 0. The molecule has 0 bridgehead atoms. The van der Waals surface area contributed by atoms with Gasteiger partial charge in [0.15, 0.2) is 6.29 Å². The first kappa shape index (κ1) is 6.05. The Labute approximate surface area is 49.5 Å². The highest BCUT2D eigenvalue weighted by Crippen LogP contribution is 2.15. The molecule has 0 aromatic heterocycles. The van der Waals surface area contributed by atoms with Crippen LogP contribution in [0.2, 0.25) is 0 Å². The molecule has 0 radical (unpaired) electrons. The van der Waals surface area contributed by atoms with Crippen LogP contribution in [0.4, 0.5) is 0 Å². The fourth-order valence-electron chi connectivity index (χ4n) is 0.984. The van der Waals surface area contributed by atoms with Crippen LogP contribution in [0.3, 0.4) is 0 Å². The summed E-state index contributed by atoms with van der Waals surface area (Å²) in [6.07, 6.45) is 2.78. The molecule has 0 saturated carbocycles. The van der Waals surface area contributed by atoms with Gasteiger partial charge >= 0.3 is 0 Å². The highest BCUT2D eigenvalue weighted by molar-refractivity contribution is 4.59. The lowest BCUT2D eigenvalue weighted by Crippen LogP contribution is -2.24. The van der Waals surface area contributed by atoms with E-state index in [0.717, 1.165) is 19.3 Å². The van der Waals surface area contributed by atoms with E-state index in [2.05, 4.69) is 0 Å². The molecule has 1 saturated heterocycles. The maximum absolute atomic E-state index is 8.86. The van der Waals surface area contributed by atoms with Crippen molar-refractivity contribution < 1.29 is 9.84 Å². The lowest BCUT2D eigenvalue weighted by molar-refractivity contribution is -0.156. The molecule has 0 aliphatic carbocycles. The van der Waals surface area contributed by atoms with Crippen molar-refractivity contribution >= 4 is 0 Å². The molecule has 0 aromatic carbocycles. The molecule has 2 atom stereocenters. The lowest BCUT2D eigenvalue weighted by atomic mass is 10.1. The fourth-order valence-corrected chi connectivity index (χ4v) is 0.984. The maximum Gasteiger partial charge on any atom is 0.154 e. The molecule has 0 aromatic rings. The summed E-state index contributed by atoms with van der Waals surface area (Å²) >= 11 is 0. The van der Waals surface area contributed by atoms with Crippen molar-refractivity contribution in [1.82, 2.24) is 0 Å². The van der Waals surface area contributed by atoms with E-state index in [1.807, 2.05) is 6.92 Å². The van der Waals surface area contributed by atoms with Gasteiger partial charge in [0.1, 0.15) is 0 Å². The van der Waals surface area contributed by atoms with E-state index in [-0.39, 0.29) is 6.10 Å². The average molecular weight is 116 g/mol. The van der Waals surface area contributed by atoms with Gasteiger partial charge in [-0.2, -0.15) is 0 Å². The Bertz CT molecular complexity index is 64.9. The van der Waals surface area contributed by atoms with Crippen molar-refractivity contribution in [1.29, 1.82) is 0 Å². The predicted octanol–water partition coefficient (Wildman–Crippen LogP) is 0.894. The molecule has 0 spiro atoms. The molecule has 1 aliphatic rings. The molecule has 2 nitrogen and oxygen atoms in total. The van der Waals surface area contributed by atoms with Crippen LogP contribution in [0.5, 0.6) is 0 Å². The van der Waals surface area contributed by atoms with Gasteiger partial charge in [-0.05, 0) is 26.2 Å². The maximum atomic E-state index is 8.86. The number of hydrogen-bond acceptors (Lipinski definition) is 2. The summed E-state index contributed by atoms with van der Waals surface area (Å²) in [4.78, 5) is 0. The molecule has 1 heterocycles. The van der Waals surface area contributed by atoms with E-state index in [4.69, 9.17) is 9.84 Å². The van der Waals surface area contributed by atoms with Gasteiger partial charge in [-0.25, -0.2) is 0 Å². The third kappa shape index (κ3) is 1.46. The molecule has 1 N–H and O–H groups in total. The van der Waals surface area contributed by atoms with Gasteiger partial charge in [0.05, 0.1) is 6.10 Å². The molecule has 8 heavy (non-hydrogen) atoms. The van der Waals surface area contributed by atoms with Crippen molar-refractivity contribution in [2.75, 3.05) is 0 Å². The normalized spacial score (nSPS) is 39.8. The number of aliphatic hydroxyl groups is 1. The van der Waals surface area contributed by atoms with E-state index in [0.29, 0.717) is 0 Å². The van der Waals surface area contributed by atoms with Gasteiger partial charge in [-0.3, -0.25) is 0 Å². The number of ether oxygens (including phenoxy) is 1. The Balaban J connectivity index is 2.23. The Hall–Kier alpha value is -0.0800. The van der Waals surface area contributed by atoms with Crippen molar-refractivity contribution in [3.8, 4) is 0 Å². The van der Waals surface area contributed by atoms with Crippen molar-refractivity contribution in [3.05, 3.63) is 0 Å². The van der Waals surface area contributed by atoms with E-state index in [1.165, 1.54) is 0 Å². The Morgan fingerprint density at radius 2 is 2.25 bits per heavy atom. The number of rotatable bonds is 0. The number of hydrogen-bond donors (Lipinski definition) is 1. The highest BCUT2D eigenvalue weighted by Gasteiger charge is 2.15. The first-order valence-electron chi connectivity index (χ1n) is 3.12. The SMILES string of the molecule is C[C@H]1CCCC(O)O1. The molecule has 1 rings (SSSR count). The van der Waals surface area contributed by atoms with Crippen LogP contribution in [0, 0.1) is 0 Å². The second-order valence-electron chi connectivity index (χ2n) is 2.33. The summed E-state index contributed by atoms with van der Waals surface area (Å²) in [5.74, 6) is 0. The van der Waals surface area contributed by atoms with E-state index in [1.54, 1.807) is 0 Å². The van der Waals surface area contributed by atoms with Gasteiger partial charge in [0.25, 0.3) is 0 Å². The first-order valence-corrected chi connectivity index (χ1v) is 3.12. The van der Waals surface area contributed by atoms with Gasteiger partial charge < -0.3 is 9.84 Å².